The Morgan fingerprint density at radius 1 is 1.00 bits per heavy atom. The van der Waals surface area contributed by atoms with Crippen molar-refractivity contribution < 1.29 is 24.2 Å². The molecular weight excluding hydrogens is 446 g/mol. The van der Waals surface area contributed by atoms with Crippen molar-refractivity contribution in [2.75, 3.05) is 39.3 Å². The van der Waals surface area contributed by atoms with Gasteiger partial charge in [0, 0.05) is 44.6 Å². The minimum absolute atomic E-state index is 0.00310. The van der Waals surface area contributed by atoms with Crippen LogP contribution < -0.4 is 5.32 Å². The second kappa shape index (κ2) is 11.4. The number of carboxylic acid groups (broad SMARTS) is 1. The molecule has 1 saturated heterocycles. The van der Waals surface area contributed by atoms with Gasteiger partial charge in [-0.3, -0.25) is 14.5 Å². The molecule has 1 aliphatic carbocycles. The van der Waals surface area contributed by atoms with Gasteiger partial charge >= 0.3 is 12.1 Å². The molecular formula is C27H33N3O5. The van der Waals surface area contributed by atoms with E-state index in [1.54, 1.807) is 4.90 Å². The molecule has 0 saturated carbocycles. The largest absolute Gasteiger partial charge is 0.480 e. The zero-order valence-corrected chi connectivity index (χ0v) is 20.1. The summed E-state index contributed by atoms with van der Waals surface area (Å²) in [4.78, 5) is 39.7. The lowest BCUT2D eigenvalue weighted by Gasteiger charge is -2.22. The number of carbonyl (C=O) groups is 3. The van der Waals surface area contributed by atoms with E-state index in [1.807, 2.05) is 36.1 Å². The fraction of sp³-hybridized carbons (Fsp3) is 0.444. The average molecular weight is 480 g/mol. The monoisotopic (exact) mass is 479 g/mol. The lowest BCUT2D eigenvalue weighted by Crippen LogP contribution is -2.38. The van der Waals surface area contributed by atoms with Crippen molar-refractivity contribution >= 4 is 18.0 Å². The van der Waals surface area contributed by atoms with Gasteiger partial charge in [-0.15, -0.1) is 0 Å². The quantitative estimate of drug-likeness (QED) is 0.603. The van der Waals surface area contributed by atoms with Crippen molar-refractivity contribution in [2.45, 2.75) is 38.1 Å². The molecule has 0 radical (unpaired) electrons. The van der Waals surface area contributed by atoms with Crippen LogP contribution in [0, 0.1) is 0 Å². The third-order valence-corrected chi connectivity index (χ3v) is 6.80. The van der Waals surface area contributed by atoms with E-state index in [1.165, 1.54) is 22.3 Å². The van der Waals surface area contributed by atoms with Gasteiger partial charge in [-0.2, -0.15) is 0 Å². The molecule has 0 bridgehead atoms. The Labute approximate surface area is 205 Å². The van der Waals surface area contributed by atoms with Crippen molar-refractivity contribution in [1.29, 1.82) is 0 Å². The highest BCUT2D eigenvalue weighted by Crippen LogP contribution is 2.44. The third kappa shape index (κ3) is 6.19. The fourth-order valence-electron chi connectivity index (χ4n) is 4.98. The Bertz CT molecular complexity index is 1030. The molecule has 186 valence electrons. The molecule has 8 heteroatoms. The lowest BCUT2D eigenvalue weighted by molar-refractivity contribution is -0.138. The fourth-order valence-corrected chi connectivity index (χ4v) is 4.98. The van der Waals surface area contributed by atoms with Crippen LogP contribution in [0.15, 0.2) is 48.5 Å². The van der Waals surface area contributed by atoms with Gasteiger partial charge in [0.2, 0.25) is 5.91 Å². The number of nitrogens with zero attached hydrogens (tertiary/aromatic N) is 2. The molecule has 0 spiro atoms. The molecule has 1 atom stereocenters. The standard InChI is InChI=1S/C27H33N3O5/c1-19(11-12-25(31)30-14-6-13-29(15-16-30)17-26(32)33)28-27(34)35-18-24-22-9-4-2-7-20(22)21-8-3-5-10-23(21)24/h2-5,7-10,19,24H,6,11-18H2,1H3,(H,28,34)(H,32,33). The van der Waals surface area contributed by atoms with E-state index in [2.05, 4.69) is 29.6 Å². The Morgan fingerprint density at radius 3 is 2.31 bits per heavy atom. The van der Waals surface area contributed by atoms with Crippen molar-refractivity contribution in [3.8, 4) is 11.1 Å². The molecule has 2 aromatic rings. The van der Waals surface area contributed by atoms with Gasteiger partial charge < -0.3 is 20.1 Å². The Kier molecular flexibility index (Phi) is 8.02. The molecule has 1 heterocycles. The molecule has 2 N–H and O–H groups in total. The first kappa shape index (κ1) is 24.7. The predicted molar refractivity (Wildman–Crippen MR) is 132 cm³/mol. The zero-order chi connectivity index (χ0) is 24.8. The number of fused-ring (bicyclic) bond motifs is 3. The third-order valence-electron chi connectivity index (χ3n) is 6.80. The van der Waals surface area contributed by atoms with Gasteiger partial charge in [0.25, 0.3) is 0 Å². The maximum Gasteiger partial charge on any atom is 0.407 e. The number of hydrogen-bond donors (Lipinski definition) is 2. The summed E-state index contributed by atoms with van der Waals surface area (Å²) < 4.78 is 5.59. The highest BCUT2D eigenvalue weighted by Gasteiger charge is 2.29. The summed E-state index contributed by atoms with van der Waals surface area (Å²) in [6.45, 7) is 4.52. The van der Waals surface area contributed by atoms with E-state index in [0.717, 1.165) is 6.42 Å². The van der Waals surface area contributed by atoms with Gasteiger partial charge in [-0.1, -0.05) is 48.5 Å². The van der Waals surface area contributed by atoms with Crippen molar-refractivity contribution in [3.63, 3.8) is 0 Å². The molecule has 1 fully saturated rings. The van der Waals surface area contributed by atoms with Crippen LogP contribution in [0.2, 0.25) is 0 Å². The summed E-state index contributed by atoms with van der Waals surface area (Å²) >= 11 is 0. The number of carboxylic acids is 1. The topological polar surface area (TPSA) is 99.2 Å². The first-order valence-corrected chi connectivity index (χ1v) is 12.3. The lowest BCUT2D eigenvalue weighted by atomic mass is 9.98. The van der Waals surface area contributed by atoms with Crippen molar-refractivity contribution in [2.24, 2.45) is 0 Å². The van der Waals surface area contributed by atoms with Gasteiger partial charge in [0.15, 0.2) is 0 Å². The molecule has 2 amide bonds. The molecule has 2 aliphatic rings. The number of hydrogen-bond acceptors (Lipinski definition) is 5. The molecule has 2 aromatic carbocycles. The number of rotatable bonds is 8. The second-order valence-corrected chi connectivity index (χ2v) is 9.31. The summed E-state index contributed by atoms with van der Waals surface area (Å²) in [6.07, 6.45) is 1.11. The molecule has 1 aliphatic heterocycles. The van der Waals surface area contributed by atoms with E-state index >= 15 is 0 Å². The van der Waals surface area contributed by atoms with Gasteiger partial charge in [0.05, 0.1) is 6.54 Å². The smallest absolute Gasteiger partial charge is 0.407 e. The summed E-state index contributed by atoms with van der Waals surface area (Å²) in [5.74, 6) is -0.810. The van der Waals surface area contributed by atoms with Crippen LogP contribution in [0.3, 0.4) is 0 Å². The van der Waals surface area contributed by atoms with E-state index in [9.17, 15) is 14.4 Å². The predicted octanol–water partition coefficient (Wildman–Crippen LogP) is 3.31. The summed E-state index contributed by atoms with van der Waals surface area (Å²) in [5.41, 5.74) is 4.70. The number of alkyl carbamates (subject to hydrolysis) is 1. The van der Waals surface area contributed by atoms with Crippen LogP contribution in [-0.4, -0.2) is 78.2 Å². The first-order chi connectivity index (χ1) is 16.9. The number of benzene rings is 2. The minimum atomic E-state index is -0.849. The number of nitrogens with one attached hydrogen (secondary N) is 1. The zero-order valence-electron chi connectivity index (χ0n) is 20.1. The van der Waals surface area contributed by atoms with E-state index in [0.29, 0.717) is 39.0 Å². The average Bonchev–Trinajstić information content (AvgIpc) is 2.97. The SMILES string of the molecule is CC(CCC(=O)N1CCCN(CC(=O)O)CC1)NC(=O)OCC1c2ccccc2-c2ccccc21. The Hall–Kier alpha value is -3.39. The first-order valence-electron chi connectivity index (χ1n) is 12.3. The van der Waals surface area contributed by atoms with Crippen molar-refractivity contribution in [3.05, 3.63) is 59.7 Å². The van der Waals surface area contributed by atoms with Crippen molar-refractivity contribution in [1.82, 2.24) is 15.1 Å². The molecule has 0 aromatic heterocycles. The summed E-state index contributed by atoms with van der Waals surface area (Å²) in [6, 6.07) is 16.2. The Morgan fingerprint density at radius 2 is 1.66 bits per heavy atom. The number of ether oxygens (including phenoxy) is 1. The molecule has 35 heavy (non-hydrogen) atoms. The van der Waals surface area contributed by atoms with Crippen LogP contribution in [0.5, 0.6) is 0 Å². The van der Waals surface area contributed by atoms with Crippen LogP contribution in [-0.2, 0) is 14.3 Å². The summed E-state index contributed by atoms with van der Waals surface area (Å²) in [7, 11) is 0. The molecule has 4 rings (SSSR count). The van der Waals surface area contributed by atoms with Gasteiger partial charge in [-0.25, -0.2) is 4.79 Å². The van der Waals surface area contributed by atoms with Gasteiger partial charge in [-0.05, 0) is 42.0 Å². The highest BCUT2D eigenvalue weighted by atomic mass is 16.5. The minimum Gasteiger partial charge on any atom is -0.480 e. The van der Waals surface area contributed by atoms with Gasteiger partial charge in [0.1, 0.15) is 6.61 Å². The number of carbonyl (C=O) groups excluding carboxylic acids is 2. The maximum atomic E-state index is 12.7. The van der Waals surface area contributed by atoms with E-state index in [-0.39, 0.29) is 31.0 Å². The van der Waals surface area contributed by atoms with Crippen LogP contribution in [0.1, 0.15) is 43.2 Å². The maximum absolute atomic E-state index is 12.7. The van der Waals surface area contributed by atoms with Crippen LogP contribution in [0.4, 0.5) is 4.79 Å². The number of aliphatic carboxylic acids is 1. The van der Waals surface area contributed by atoms with Crippen LogP contribution in [0.25, 0.3) is 11.1 Å². The highest BCUT2D eigenvalue weighted by molar-refractivity contribution is 5.79. The Balaban J connectivity index is 1.22. The van der Waals surface area contributed by atoms with Crippen LogP contribution >= 0.6 is 0 Å². The van der Waals surface area contributed by atoms with E-state index < -0.39 is 12.1 Å². The number of amides is 2. The molecule has 8 nitrogen and oxygen atoms in total. The second-order valence-electron chi connectivity index (χ2n) is 9.31. The summed E-state index contributed by atoms with van der Waals surface area (Å²) in [5, 5.41) is 11.8. The normalized spacial score (nSPS) is 16.7. The van der Waals surface area contributed by atoms with E-state index in [4.69, 9.17) is 9.84 Å². The molecule has 1 unspecified atom stereocenters.